The van der Waals surface area contributed by atoms with Gasteiger partial charge >= 0.3 is 0 Å². The van der Waals surface area contributed by atoms with Crippen LogP contribution < -0.4 is 5.73 Å². The van der Waals surface area contributed by atoms with Crippen LogP contribution in [0.25, 0.3) is 11.3 Å². The highest BCUT2D eigenvalue weighted by Gasteiger charge is 2.36. The molecule has 3 heterocycles. The Bertz CT molecular complexity index is 816. The Morgan fingerprint density at radius 2 is 2.30 bits per heavy atom. The number of nitrogens with two attached hydrogens (primary N) is 1. The number of carbonyl (C=O) groups is 1. The first-order chi connectivity index (χ1) is 11.2. The summed E-state index contributed by atoms with van der Waals surface area (Å²) in [5, 5.41) is 9.48. The van der Waals surface area contributed by atoms with Gasteiger partial charge in [0.2, 0.25) is 5.91 Å². The lowest BCUT2D eigenvalue weighted by Gasteiger charge is -2.30. The van der Waals surface area contributed by atoms with Crippen molar-refractivity contribution in [1.82, 2.24) is 9.88 Å². The van der Waals surface area contributed by atoms with E-state index in [-0.39, 0.29) is 17.6 Å². The molecule has 0 unspecified atom stereocenters. The van der Waals surface area contributed by atoms with E-state index >= 15 is 0 Å². The smallest absolute Gasteiger partial charge is 0.225 e. The summed E-state index contributed by atoms with van der Waals surface area (Å²) in [5.74, 6) is 1.20. The largest absolute Gasteiger partial charge is 0.464 e. The number of carbonyl (C=O) groups excluding carboxylic acids is 1. The van der Waals surface area contributed by atoms with Crippen LogP contribution in [0.3, 0.4) is 0 Å². The molecule has 23 heavy (non-hydrogen) atoms. The molecule has 1 fully saturated rings. The van der Waals surface area contributed by atoms with E-state index in [2.05, 4.69) is 11.1 Å². The second kappa shape index (κ2) is 5.13. The molecule has 1 amide bonds. The topological polar surface area (TPSA) is 96.2 Å². The first-order valence-electron chi connectivity index (χ1n) is 7.73. The van der Waals surface area contributed by atoms with Gasteiger partial charge < -0.3 is 15.1 Å². The molecule has 116 valence electrons. The Labute approximate surface area is 133 Å². The lowest BCUT2D eigenvalue weighted by atomic mass is 9.94. The summed E-state index contributed by atoms with van der Waals surface area (Å²) in [5.41, 5.74) is 8.69. The van der Waals surface area contributed by atoms with Gasteiger partial charge in [0.05, 0.1) is 12.0 Å². The third-order valence-corrected chi connectivity index (χ3v) is 4.50. The monoisotopic (exact) mass is 308 g/mol. The molecule has 2 N–H and O–H groups in total. The zero-order valence-electron chi connectivity index (χ0n) is 12.6. The molecule has 1 aliphatic heterocycles. The number of furan rings is 1. The number of pyridine rings is 1. The number of nitriles is 1. The van der Waals surface area contributed by atoms with E-state index in [0.717, 1.165) is 24.1 Å². The molecule has 2 aliphatic rings. The molecule has 0 spiro atoms. The maximum absolute atomic E-state index is 12.4. The molecule has 6 nitrogen and oxygen atoms in total. The highest BCUT2D eigenvalue weighted by atomic mass is 16.3. The van der Waals surface area contributed by atoms with Crippen LogP contribution in [0.2, 0.25) is 0 Å². The number of nitrogen functional groups attached to an aromatic ring is 1. The minimum Gasteiger partial charge on any atom is -0.464 e. The number of aromatic nitrogens is 1. The minimum atomic E-state index is 0.181. The Kier molecular flexibility index (Phi) is 3.08. The van der Waals surface area contributed by atoms with Crippen LogP contribution in [0.15, 0.2) is 22.8 Å². The fourth-order valence-electron chi connectivity index (χ4n) is 3.16. The first kappa shape index (κ1) is 13.8. The first-order valence-corrected chi connectivity index (χ1v) is 7.73. The van der Waals surface area contributed by atoms with Crippen LogP contribution in [-0.2, 0) is 17.8 Å². The number of nitrogens with zero attached hydrogens (tertiary/aromatic N) is 3. The fourth-order valence-corrected chi connectivity index (χ4v) is 3.16. The van der Waals surface area contributed by atoms with Gasteiger partial charge in [-0.2, -0.15) is 5.26 Å². The van der Waals surface area contributed by atoms with E-state index in [1.807, 2.05) is 4.90 Å². The number of rotatable bonds is 2. The molecule has 2 aromatic rings. The Morgan fingerprint density at radius 1 is 1.48 bits per heavy atom. The van der Waals surface area contributed by atoms with Crippen LogP contribution >= 0.6 is 0 Å². The van der Waals surface area contributed by atoms with Crippen molar-refractivity contribution in [2.75, 3.05) is 12.3 Å². The van der Waals surface area contributed by atoms with Gasteiger partial charge in [0.15, 0.2) is 0 Å². The molecule has 0 radical (unpaired) electrons. The van der Waals surface area contributed by atoms with Crippen LogP contribution in [-0.4, -0.2) is 22.3 Å². The fraction of sp³-hybridized carbons (Fsp3) is 0.353. The van der Waals surface area contributed by atoms with E-state index < -0.39 is 0 Å². The number of anilines is 1. The third-order valence-electron chi connectivity index (χ3n) is 4.50. The van der Waals surface area contributed by atoms with Gasteiger partial charge in [-0.15, -0.1) is 0 Å². The molecule has 0 saturated heterocycles. The summed E-state index contributed by atoms with van der Waals surface area (Å²) in [7, 11) is 0. The zero-order valence-corrected chi connectivity index (χ0v) is 12.6. The maximum Gasteiger partial charge on any atom is 0.225 e. The standard InChI is InChI=1S/C17H16N4O2/c18-8-11-15(14-2-1-7-23-14)12-9-21(17(22)10-3-4-10)6-5-13(12)20-16(11)19/h1-2,7,10H,3-6,9H2,(H2,19,20). The van der Waals surface area contributed by atoms with Crippen LogP contribution in [0.1, 0.15) is 29.7 Å². The highest BCUT2D eigenvalue weighted by Crippen LogP contribution is 2.37. The third kappa shape index (κ3) is 2.25. The molecular formula is C17H16N4O2. The molecule has 4 rings (SSSR count). The van der Waals surface area contributed by atoms with Gasteiger partial charge in [-0.25, -0.2) is 4.98 Å². The molecule has 0 atom stereocenters. The van der Waals surface area contributed by atoms with Crippen LogP contribution in [0.4, 0.5) is 5.82 Å². The number of fused-ring (bicyclic) bond motifs is 1. The van der Waals surface area contributed by atoms with Gasteiger partial charge in [0.1, 0.15) is 23.2 Å². The Morgan fingerprint density at radius 3 is 2.96 bits per heavy atom. The van der Waals surface area contributed by atoms with Gasteiger partial charge in [-0.05, 0) is 25.0 Å². The van der Waals surface area contributed by atoms with Gasteiger partial charge in [0.25, 0.3) is 0 Å². The normalized spacial score (nSPS) is 16.7. The molecule has 0 aromatic carbocycles. The van der Waals surface area contributed by atoms with E-state index in [4.69, 9.17) is 10.2 Å². The lowest BCUT2D eigenvalue weighted by Crippen LogP contribution is -2.37. The molecule has 6 heteroatoms. The van der Waals surface area contributed by atoms with Crippen molar-refractivity contribution in [3.8, 4) is 17.4 Å². The average molecular weight is 308 g/mol. The van der Waals surface area contributed by atoms with E-state index in [1.54, 1.807) is 18.4 Å². The summed E-state index contributed by atoms with van der Waals surface area (Å²) in [4.78, 5) is 18.6. The van der Waals surface area contributed by atoms with Gasteiger partial charge in [-0.1, -0.05) is 0 Å². The van der Waals surface area contributed by atoms with Crippen LogP contribution in [0, 0.1) is 17.2 Å². The van der Waals surface area contributed by atoms with Crippen molar-refractivity contribution in [3.05, 3.63) is 35.2 Å². The SMILES string of the molecule is N#Cc1c(N)nc2c(c1-c1ccco1)CN(C(=O)C1CC1)CC2. The van der Waals surface area contributed by atoms with E-state index in [9.17, 15) is 10.1 Å². The Hall–Kier alpha value is -2.81. The average Bonchev–Trinajstić information content (AvgIpc) is 3.27. The predicted octanol–water partition coefficient (Wildman–Crippen LogP) is 2.09. The molecule has 2 aromatic heterocycles. The lowest BCUT2D eigenvalue weighted by molar-refractivity contribution is -0.133. The van der Waals surface area contributed by atoms with Crippen molar-refractivity contribution in [2.45, 2.75) is 25.8 Å². The number of hydrogen-bond acceptors (Lipinski definition) is 5. The van der Waals surface area contributed by atoms with Crippen molar-refractivity contribution in [3.63, 3.8) is 0 Å². The zero-order chi connectivity index (χ0) is 16.0. The molecular weight excluding hydrogens is 292 g/mol. The quantitative estimate of drug-likeness (QED) is 0.916. The van der Waals surface area contributed by atoms with Gasteiger partial charge in [0, 0.05) is 36.6 Å². The minimum absolute atomic E-state index is 0.181. The Balaban J connectivity index is 1.83. The summed E-state index contributed by atoms with van der Waals surface area (Å²) in [6.45, 7) is 1.11. The molecule has 1 saturated carbocycles. The second-order valence-corrected chi connectivity index (χ2v) is 6.05. The summed E-state index contributed by atoms with van der Waals surface area (Å²) < 4.78 is 5.50. The molecule has 0 bridgehead atoms. The second-order valence-electron chi connectivity index (χ2n) is 6.05. The van der Waals surface area contributed by atoms with Crippen LogP contribution in [0.5, 0.6) is 0 Å². The van der Waals surface area contributed by atoms with Crippen molar-refractivity contribution in [2.24, 2.45) is 5.92 Å². The number of hydrogen-bond donors (Lipinski definition) is 1. The van der Waals surface area contributed by atoms with Crippen molar-refractivity contribution >= 4 is 11.7 Å². The van der Waals surface area contributed by atoms with Gasteiger partial charge in [-0.3, -0.25) is 4.79 Å². The maximum atomic E-state index is 12.4. The number of amides is 1. The summed E-state index contributed by atoms with van der Waals surface area (Å²) >= 11 is 0. The van der Waals surface area contributed by atoms with Crippen molar-refractivity contribution in [1.29, 1.82) is 5.26 Å². The predicted molar refractivity (Wildman–Crippen MR) is 82.9 cm³/mol. The van der Waals surface area contributed by atoms with E-state index in [1.165, 1.54) is 0 Å². The molecule has 1 aliphatic carbocycles. The van der Waals surface area contributed by atoms with E-state index in [0.29, 0.717) is 36.4 Å². The van der Waals surface area contributed by atoms with Crippen molar-refractivity contribution < 1.29 is 9.21 Å². The highest BCUT2D eigenvalue weighted by molar-refractivity contribution is 5.82. The summed E-state index contributed by atoms with van der Waals surface area (Å²) in [6, 6.07) is 5.71. The summed E-state index contributed by atoms with van der Waals surface area (Å²) in [6.07, 6.45) is 4.18.